The summed E-state index contributed by atoms with van der Waals surface area (Å²) in [5, 5.41) is 15.6. The fraction of sp³-hybridized carbons (Fsp3) is 0.118. The van der Waals surface area contributed by atoms with Crippen molar-refractivity contribution in [1.29, 1.82) is 0 Å². The molecule has 7 heteroatoms. The van der Waals surface area contributed by atoms with Gasteiger partial charge in [0, 0.05) is 6.42 Å². The molecule has 4 rings (SSSR count). The van der Waals surface area contributed by atoms with Gasteiger partial charge in [0.1, 0.15) is 17.9 Å². The predicted molar refractivity (Wildman–Crippen MR) is 88.5 cm³/mol. The molecule has 7 nitrogen and oxygen atoms in total. The number of nitrogens with zero attached hydrogens (tertiary/aromatic N) is 5. The zero-order valence-electron chi connectivity index (χ0n) is 12.8. The van der Waals surface area contributed by atoms with Gasteiger partial charge >= 0.3 is 0 Å². The van der Waals surface area contributed by atoms with E-state index in [1.165, 1.54) is 4.68 Å². The van der Waals surface area contributed by atoms with E-state index < -0.39 is 0 Å². The van der Waals surface area contributed by atoms with Crippen LogP contribution in [-0.2, 0) is 13.0 Å². The largest absolute Gasteiger partial charge is 0.278 e. The van der Waals surface area contributed by atoms with Gasteiger partial charge in [0.2, 0.25) is 0 Å². The third-order valence-corrected chi connectivity index (χ3v) is 3.71. The van der Waals surface area contributed by atoms with E-state index in [-0.39, 0.29) is 12.1 Å². The molecular weight excluding hydrogens is 304 g/mol. The van der Waals surface area contributed by atoms with Crippen molar-refractivity contribution in [2.24, 2.45) is 0 Å². The maximum absolute atomic E-state index is 12.4. The standard InChI is InChI=1S/C17H14N6O/c24-17-13-8-4-5-9-14(13)19-22-23(17)11-16-18-15(20-21-16)10-12-6-2-1-3-7-12/h1-9H,10-11H2,(H,18,20,21). The van der Waals surface area contributed by atoms with Crippen LogP contribution in [0.1, 0.15) is 17.2 Å². The number of aromatic amines is 1. The summed E-state index contributed by atoms with van der Waals surface area (Å²) in [7, 11) is 0. The van der Waals surface area contributed by atoms with Gasteiger partial charge in [-0.2, -0.15) is 5.10 Å². The summed E-state index contributed by atoms with van der Waals surface area (Å²) in [5.74, 6) is 1.26. The number of hydrogen-bond donors (Lipinski definition) is 1. The van der Waals surface area contributed by atoms with Crippen LogP contribution in [0.25, 0.3) is 10.9 Å². The lowest BCUT2D eigenvalue weighted by Gasteiger charge is -2.02. The second kappa shape index (κ2) is 6.04. The first-order valence-electron chi connectivity index (χ1n) is 7.56. The summed E-state index contributed by atoms with van der Waals surface area (Å²) in [6, 6.07) is 17.1. The Morgan fingerprint density at radius 3 is 2.67 bits per heavy atom. The van der Waals surface area contributed by atoms with Gasteiger partial charge in [-0.15, -0.1) is 5.10 Å². The average Bonchev–Trinajstić information content (AvgIpc) is 3.05. The first-order valence-corrected chi connectivity index (χ1v) is 7.56. The number of nitrogens with one attached hydrogen (secondary N) is 1. The number of hydrogen-bond acceptors (Lipinski definition) is 5. The van der Waals surface area contributed by atoms with Crippen LogP contribution < -0.4 is 5.56 Å². The Morgan fingerprint density at radius 1 is 1.00 bits per heavy atom. The van der Waals surface area contributed by atoms with E-state index in [4.69, 9.17) is 0 Å². The van der Waals surface area contributed by atoms with Crippen molar-refractivity contribution in [3.05, 3.63) is 82.2 Å². The van der Waals surface area contributed by atoms with Crippen LogP contribution in [-0.4, -0.2) is 30.2 Å². The summed E-state index contributed by atoms with van der Waals surface area (Å²) in [4.78, 5) is 16.9. The predicted octanol–water partition coefficient (Wildman–Crippen LogP) is 1.55. The zero-order chi connectivity index (χ0) is 16.4. The Hall–Kier alpha value is -3.35. The second-order valence-corrected chi connectivity index (χ2v) is 5.43. The van der Waals surface area contributed by atoms with Crippen LogP contribution in [0, 0.1) is 0 Å². The molecule has 0 aliphatic heterocycles. The normalized spacial score (nSPS) is 11.0. The molecule has 0 saturated heterocycles. The highest BCUT2D eigenvalue weighted by Crippen LogP contribution is 2.06. The van der Waals surface area contributed by atoms with E-state index in [1.807, 2.05) is 42.5 Å². The van der Waals surface area contributed by atoms with Gasteiger partial charge in [-0.1, -0.05) is 47.7 Å². The summed E-state index contributed by atoms with van der Waals surface area (Å²) >= 11 is 0. The van der Waals surface area contributed by atoms with E-state index in [2.05, 4.69) is 25.5 Å². The minimum atomic E-state index is -0.193. The molecule has 0 aliphatic rings. The quantitative estimate of drug-likeness (QED) is 0.616. The fourth-order valence-electron chi connectivity index (χ4n) is 2.53. The highest BCUT2D eigenvalue weighted by Gasteiger charge is 2.09. The van der Waals surface area contributed by atoms with Crippen LogP contribution in [0.5, 0.6) is 0 Å². The van der Waals surface area contributed by atoms with Gasteiger partial charge in [0.15, 0.2) is 5.82 Å². The number of fused-ring (bicyclic) bond motifs is 1. The smallest absolute Gasteiger partial charge is 0.267 e. The molecule has 118 valence electrons. The SMILES string of the molecule is O=c1c2ccccc2nnn1Cc1nc(Cc2ccccc2)n[nH]1. The van der Waals surface area contributed by atoms with Crippen molar-refractivity contribution in [1.82, 2.24) is 30.2 Å². The molecule has 2 heterocycles. The number of H-pyrrole nitrogens is 1. The minimum Gasteiger partial charge on any atom is -0.267 e. The van der Waals surface area contributed by atoms with Crippen molar-refractivity contribution in [2.75, 3.05) is 0 Å². The summed E-state index contributed by atoms with van der Waals surface area (Å²) < 4.78 is 1.29. The van der Waals surface area contributed by atoms with Crippen molar-refractivity contribution < 1.29 is 0 Å². The Kier molecular flexibility index (Phi) is 3.59. The van der Waals surface area contributed by atoms with Gasteiger partial charge in [-0.05, 0) is 17.7 Å². The van der Waals surface area contributed by atoms with E-state index in [9.17, 15) is 4.79 Å². The summed E-state index contributed by atoms with van der Waals surface area (Å²) in [6.45, 7) is 0.207. The first-order chi connectivity index (χ1) is 11.8. The van der Waals surface area contributed by atoms with Crippen LogP contribution in [0.2, 0.25) is 0 Å². The molecule has 24 heavy (non-hydrogen) atoms. The maximum atomic E-state index is 12.4. The Balaban J connectivity index is 1.58. The zero-order valence-corrected chi connectivity index (χ0v) is 12.8. The molecule has 0 radical (unpaired) electrons. The molecule has 4 aromatic rings. The molecule has 0 fully saturated rings. The molecule has 0 atom stereocenters. The third-order valence-electron chi connectivity index (χ3n) is 3.71. The summed E-state index contributed by atoms with van der Waals surface area (Å²) in [5.41, 5.74) is 1.52. The minimum absolute atomic E-state index is 0.193. The van der Waals surface area contributed by atoms with Gasteiger partial charge in [0.05, 0.1) is 5.39 Å². The molecule has 2 aromatic heterocycles. The molecule has 0 amide bonds. The second-order valence-electron chi connectivity index (χ2n) is 5.43. The van der Waals surface area contributed by atoms with E-state index in [1.54, 1.807) is 12.1 Å². The number of aromatic nitrogens is 6. The molecule has 0 bridgehead atoms. The lowest BCUT2D eigenvalue weighted by Crippen LogP contribution is -2.25. The topological polar surface area (TPSA) is 89.3 Å². The fourth-order valence-corrected chi connectivity index (χ4v) is 2.53. The number of benzene rings is 2. The molecule has 0 unspecified atom stereocenters. The van der Waals surface area contributed by atoms with Crippen LogP contribution in [0.3, 0.4) is 0 Å². The van der Waals surface area contributed by atoms with Gasteiger partial charge in [-0.25, -0.2) is 9.67 Å². The lowest BCUT2D eigenvalue weighted by molar-refractivity contribution is 0.582. The van der Waals surface area contributed by atoms with Gasteiger partial charge in [-0.3, -0.25) is 9.89 Å². The first kappa shape index (κ1) is 14.3. The van der Waals surface area contributed by atoms with Crippen molar-refractivity contribution >= 4 is 10.9 Å². The molecular formula is C17H14N6O. The van der Waals surface area contributed by atoms with E-state index in [0.717, 1.165) is 5.56 Å². The molecule has 0 aliphatic carbocycles. The highest BCUT2D eigenvalue weighted by atomic mass is 16.1. The molecule has 0 saturated carbocycles. The van der Waals surface area contributed by atoms with Crippen LogP contribution in [0.15, 0.2) is 59.4 Å². The third kappa shape index (κ3) is 2.79. The average molecular weight is 318 g/mol. The number of rotatable bonds is 4. The Labute approximate surface area is 137 Å². The lowest BCUT2D eigenvalue weighted by atomic mass is 10.1. The van der Waals surface area contributed by atoms with Crippen LogP contribution >= 0.6 is 0 Å². The highest BCUT2D eigenvalue weighted by molar-refractivity contribution is 5.76. The van der Waals surface area contributed by atoms with Crippen LogP contribution in [0.4, 0.5) is 0 Å². The van der Waals surface area contributed by atoms with Gasteiger partial charge < -0.3 is 0 Å². The van der Waals surface area contributed by atoms with Crippen molar-refractivity contribution in [3.63, 3.8) is 0 Å². The monoisotopic (exact) mass is 318 g/mol. The van der Waals surface area contributed by atoms with Crippen molar-refractivity contribution in [2.45, 2.75) is 13.0 Å². The Morgan fingerprint density at radius 2 is 1.79 bits per heavy atom. The Bertz CT molecular complexity index is 1040. The van der Waals surface area contributed by atoms with Crippen molar-refractivity contribution in [3.8, 4) is 0 Å². The molecule has 2 aromatic carbocycles. The van der Waals surface area contributed by atoms with E-state index in [0.29, 0.717) is 29.0 Å². The van der Waals surface area contributed by atoms with E-state index >= 15 is 0 Å². The molecule has 1 N–H and O–H groups in total. The van der Waals surface area contributed by atoms with Gasteiger partial charge in [0.25, 0.3) is 5.56 Å². The maximum Gasteiger partial charge on any atom is 0.278 e. The summed E-state index contributed by atoms with van der Waals surface area (Å²) in [6.07, 6.45) is 0.635. The molecule has 0 spiro atoms.